The van der Waals surface area contributed by atoms with Crippen LogP contribution in [0.25, 0.3) is 11.0 Å². The summed E-state index contributed by atoms with van der Waals surface area (Å²) < 4.78 is 2.12. The Bertz CT molecular complexity index is 1370. The molecule has 186 valence electrons. The number of nitrogens with zero attached hydrogens (tertiary/aromatic N) is 4. The first kappa shape index (κ1) is 23.0. The summed E-state index contributed by atoms with van der Waals surface area (Å²) in [5.74, 6) is 0.930. The molecule has 0 unspecified atom stereocenters. The second-order valence-electron chi connectivity index (χ2n) is 10.3. The van der Waals surface area contributed by atoms with Crippen molar-refractivity contribution >= 4 is 51.0 Å². The van der Waals surface area contributed by atoms with Gasteiger partial charge in [-0.1, -0.05) is 18.7 Å². The van der Waals surface area contributed by atoms with E-state index in [1.165, 1.54) is 17.4 Å². The zero-order valence-corrected chi connectivity index (χ0v) is 20.9. The third kappa shape index (κ3) is 4.01. The second-order valence-corrected chi connectivity index (χ2v) is 11.3. The van der Waals surface area contributed by atoms with Crippen LogP contribution < -0.4 is 10.2 Å². The van der Waals surface area contributed by atoms with Gasteiger partial charge >= 0.3 is 0 Å². The summed E-state index contributed by atoms with van der Waals surface area (Å²) in [6, 6.07) is 11.6. The molecule has 1 N–H and O–H groups in total. The maximum absolute atomic E-state index is 13.2. The van der Waals surface area contributed by atoms with Crippen molar-refractivity contribution in [2.75, 3.05) is 29.9 Å². The zero-order chi connectivity index (χ0) is 24.9. The summed E-state index contributed by atoms with van der Waals surface area (Å²) in [4.78, 5) is 46.2. The summed E-state index contributed by atoms with van der Waals surface area (Å²) in [5, 5.41) is 3.85. The Balaban J connectivity index is 1.18. The number of hydrogen-bond donors (Lipinski definition) is 1. The average molecular weight is 504 g/mol. The predicted octanol–water partition coefficient (Wildman–Crippen LogP) is 4.29. The van der Waals surface area contributed by atoms with Crippen LogP contribution in [0.1, 0.15) is 41.8 Å². The van der Waals surface area contributed by atoms with Crippen LogP contribution in [-0.2, 0) is 16.1 Å². The molecule has 3 aliphatic rings. The molecule has 2 saturated heterocycles. The summed E-state index contributed by atoms with van der Waals surface area (Å²) >= 11 is 1.34. The molecule has 3 amide bonds. The molecule has 8 nitrogen and oxygen atoms in total. The van der Waals surface area contributed by atoms with Crippen LogP contribution >= 0.6 is 11.3 Å². The first-order chi connectivity index (χ1) is 17.4. The second kappa shape index (κ2) is 8.89. The topological polar surface area (TPSA) is 87.5 Å². The predicted molar refractivity (Wildman–Crippen MR) is 140 cm³/mol. The number of aromatic nitrogens is 2. The molecule has 1 spiro atoms. The van der Waals surface area contributed by atoms with Gasteiger partial charge in [-0.2, -0.15) is 0 Å². The van der Waals surface area contributed by atoms with Crippen molar-refractivity contribution < 1.29 is 14.4 Å². The van der Waals surface area contributed by atoms with Crippen LogP contribution in [0.4, 0.5) is 10.9 Å². The van der Waals surface area contributed by atoms with Gasteiger partial charge in [0, 0.05) is 32.6 Å². The normalized spacial score (nSPS) is 23.4. The van der Waals surface area contributed by atoms with E-state index in [0.717, 1.165) is 61.4 Å². The Labute approximate surface area is 213 Å². The lowest BCUT2D eigenvalue weighted by atomic mass is 9.61. The van der Waals surface area contributed by atoms with Crippen LogP contribution in [0, 0.1) is 11.3 Å². The van der Waals surface area contributed by atoms with E-state index in [1.807, 2.05) is 35.2 Å². The van der Waals surface area contributed by atoms with E-state index in [-0.39, 0.29) is 23.1 Å². The molecule has 2 aromatic heterocycles. The van der Waals surface area contributed by atoms with Gasteiger partial charge in [-0.3, -0.25) is 19.7 Å². The number of carbonyl (C=O) groups excluding carboxylic acids is 3. The Kier molecular flexibility index (Phi) is 5.67. The smallest absolute Gasteiger partial charge is 0.268 e. The van der Waals surface area contributed by atoms with Gasteiger partial charge < -0.3 is 14.4 Å². The van der Waals surface area contributed by atoms with Crippen molar-refractivity contribution in [3.8, 4) is 0 Å². The molecule has 6 rings (SSSR count). The first-order valence-electron chi connectivity index (χ1n) is 12.5. The molecule has 0 radical (unpaired) electrons. The SMILES string of the molecule is C=CC(=O)N1CCC2(CC(Cn3c(NC(=O)c4ccc(N5CCCC5=O)s4)nc4ccccc43)C2)C1. The Morgan fingerprint density at radius 3 is 2.81 bits per heavy atom. The molecule has 9 heteroatoms. The number of benzene rings is 1. The highest BCUT2D eigenvalue weighted by molar-refractivity contribution is 7.18. The number of rotatable bonds is 6. The molecule has 36 heavy (non-hydrogen) atoms. The van der Waals surface area contributed by atoms with Crippen LogP contribution in [0.15, 0.2) is 49.1 Å². The average Bonchev–Trinajstić information content (AvgIpc) is 3.64. The lowest BCUT2D eigenvalue weighted by Gasteiger charge is -2.45. The zero-order valence-electron chi connectivity index (χ0n) is 20.1. The maximum Gasteiger partial charge on any atom is 0.268 e. The van der Waals surface area contributed by atoms with Crippen LogP contribution in [0.3, 0.4) is 0 Å². The van der Waals surface area contributed by atoms with Gasteiger partial charge in [0.25, 0.3) is 5.91 Å². The van der Waals surface area contributed by atoms with Gasteiger partial charge in [0.2, 0.25) is 17.8 Å². The molecule has 3 aromatic rings. The summed E-state index contributed by atoms with van der Waals surface area (Å²) in [7, 11) is 0. The highest BCUT2D eigenvalue weighted by Gasteiger charge is 2.49. The van der Waals surface area contributed by atoms with Gasteiger partial charge in [0.15, 0.2) is 0 Å². The number of imidazole rings is 1. The molecule has 4 heterocycles. The van der Waals surface area contributed by atoms with Crippen LogP contribution in [0.2, 0.25) is 0 Å². The van der Waals surface area contributed by atoms with E-state index in [2.05, 4.69) is 16.5 Å². The lowest BCUT2D eigenvalue weighted by molar-refractivity contribution is -0.126. The number of amides is 3. The molecular formula is C27H29N5O3S. The molecule has 3 fully saturated rings. The Morgan fingerprint density at radius 2 is 2.03 bits per heavy atom. The third-order valence-electron chi connectivity index (χ3n) is 7.84. The van der Waals surface area contributed by atoms with Crippen molar-refractivity contribution in [3.05, 3.63) is 53.9 Å². The monoisotopic (exact) mass is 503 g/mol. The van der Waals surface area contributed by atoms with Crippen molar-refractivity contribution in [2.45, 2.75) is 38.6 Å². The Morgan fingerprint density at radius 1 is 1.19 bits per heavy atom. The number of para-hydroxylation sites is 2. The van der Waals surface area contributed by atoms with Crippen LogP contribution in [-0.4, -0.2) is 51.8 Å². The molecular weight excluding hydrogens is 474 g/mol. The van der Waals surface area contributed by atoms with E-state index in [9.17, 15) is 14.4 Å². The Hall–Kier alpha value is -3.46. The molecule has 2 aliphatic heterocycles. The third-order valence-corrected chi connectivity index (χ3v) is 8.95. The highest BCUT2D eigenvalue weighted by atomic mass is 32.1. The van der Waals surface area contributed by atoms with Crippen molar-refractivity contribution in [2.24, 2.45) is 11.3 Å². The van der Waals surface area contributed by atoms with Gasteiger partial charge in [-0.25, -0.2) is 4.98 Å². The number of thiophene rings is 1. The first-order valence-corrected chi connectivity index (χ1v) is 13.3. The molecule has 1 saturated carbocycles. The highest BCUT2D eigenvalue weighted by Crippen LogP contribution is 2.52. The number of fused-ring (bicyclic) bond motifs is 1. The number of likely N-dealkylation sites (tertiary alicyclic amines) is 1. The standard InChI is InChI=1S/C27H29N5O3S/c1-2-22(33)30-13-11-27(17-30)14-18(15-27)16-32-20-7-4-3-6-19(20)28-26(32)29-25(35)21-9-10-24(36-21)31-12-5-8-23(31)34/h2-4,6-7,9-10,18H,1,5,8,11-17H2,(H,28,29,35). The lowest BCUT2D eigenvalue weighted by Crippen LogP contribution is -2.42. The van der Waals surface area contributed by atoms with Gasteiger partial charge in [0.05, 0.1) is 20.9 Å². The van der Waals surface area contributed by atoms with Crippen molar-refractivity contribution in [3.63, 3.8) is 0 Å². The van der Waals surface area contributed by atoms with Crippen molar-refractivity contribution in [1.82, 2.24) is 14.5 Å². The van der Waals surface area contributed by atoms with Crippen LogP contribution in [0.5, 0.6) is 0 Å². The van der Waals surface area contributed by atoms with E-state index in [4.69, 9.17) is 4.98 Å². The number of carbonyl (C=O) groups is 3. The number of anilines is 2. The number of nitrogens with one attached hydrogen (secondary N) is 1. The fraction of sp³-hybridized carbons (Fsp3) is 0.407. The van der Waals surface area contributed by atoms with E-state index >= 15 is 0 Å². The molecule has 0 atom stereocenters. The number of hydrogen-bond acceptors (Lipinski definition) is 5. The van der Waals surface area contributed by atoms with E-state index in [0.29, 0.717) is 29.7 Å². The fourth-order valence-electron chi connectivity index (χ4n) is 6.13. The summed E-state index contributed by atoms with van der Waals surface area (Å²) in [6.45, 7) is 6.71. The fourth-order valence-corrected chi connectivity index (χ4v) is 7.08. The quantitative estimate of drug-likeness (QED) is 0.509. The van der Waals surface area contributed by atoms with E-state index in [1.54, 1.807) is 11.0 Å². The minimum absolute atomic E-state index is 0.0201. The molecule has 1 aliphatic carbocycles. The van der Waals surface area contributed by atoms with E-state index < -0.39 is 0 Å². The minimum Gasteiger partial charge on any atom is -0.339 e. The molecule has 0 bridgehead atoms. The van der Waals surface area contributed by atoms with Gasteiger partial charge in [-0.15, -0.1) is 11.3 Å². The van der Waals surface area contributed by atoms with Gasteiger partial charge in [0.1, 0.15) is 0 Å². The minimum atomic E-state index is -0.214. The summed E-state index contributed by atoms with van der Waals surface area (Å²) in [5.41, 5.74) is 2.06. The largest absolute Gasteiger partial charge is 0.339 e. The summed E-state index contributed by atoms with van der Waals surface area (Å²) in [6.07, 6.45) is 5.98. The molecule has 1 aromatic carbocycles. The maximum atomic E-state index is 13.2. The van der Waals surface area contributed by atoms with Gasteiger partial charge in [-0.05, 0) is 67.4 Å². The van der Waals surface area contributed by atoms with Crippen molar-refractivity contribution in [1.29, 1.82) is 0 Å².